The Morgan fingerprint density at radius 1 is 1.19 bits per heavy atom. The van der Waals surface area contributed by atoms with Gasteiger partial charge in [-0.1, -0.05) is 19.3 Å². The van der Waals surface area contributed by atoms with Crippen LogP contribution in [0, 0.1) is 11.8 Å². The Kier molecular flexibility index (Phi) is 4.23. The molecule has 4 aliphatic rings. The number of nitrogens with zero attached hydrogens (tertiary/aromatic N) is 1. The van der Waals surface area contributed by atoms with Gasteiger partial charge in [0.2, 0.25) is 5.91 Å². The van der Waals surface area contributed by atoms with E-state index in [0.29, 0.717) is 11.5 Å². The Morgan fingerprint density at radius 2 is 2.04 bits per heavy atom. The number of methoxy groups -OCH3 is 1. The highest BCUT2D eigenvalue weighted by Crippen LogP contribution is 2.56. The van der Waals surface area contributed by atoms with Crippen LogP contribution in [0.15, 0.2) is 12.1 Å². The van der Waals surface area contributed by atoms with E-state index in [4.69, 9.17) is 4.74 Å². The molecule has 2 saturated carbocycles. The van der Waals surface area contributed by atoms with Crippen molar-refractivity contribution < 1.29 is 9.53 Å². The minimum Gasteiger partial charge on any atom is -0.495 e. The molecule has 1 aromatic carbocycles. The van der Waals surface area contributed by atoms with Crippen LogP contribution < -0.4 is 10.1 Å². The molecule has 27 heavy (non-hydrogen) atoms. The number of nitrogens with one attached hydrogen (secondary N) is 1. The maximum absolute atomic E-state index is 12.5. The topological polar surface area (TPSA) is 41.6 Å². The molecule has 0 radical (unpaired) electrons. The summed E-state index contributed by atoms with van der Waals surface area (Å²) in [5.41, 5.74) is 4.16. The zero-order valence-electron chi connectivity index (χ0n) is 16.7. The summed E-state index contributed by atoms with van der Waals surface area (Å²) >= 11 is 0. The lowest BCUT2D eigenvalue weighted by molar-refractivity contribution is -0.122. The number of carbonyl (C=O) groups is 1. The number of likely N-dealkylation sites (N-methyl/N-ethyl adjacent to an activating group) is 1. The quantitative estimate of drug-likeness (QED) is 0.872. The SMILES string of the molecule is COc1cc2c(cc1NC(=O)C1CCC1)C[C@H]1C3CCCC[C@@]23CCN1C. The first-order valence-electron chi connectivity index (χ1n) is 10.8. The van der Waals surface area contributed by atoms with Crippen LogP contribution in [0.5, 0.6) is 5.75 Å². The zero-order chi connectivity index (χ0) is 18.6. The maximum Gasteiger partial charge on any atom is 0.227 e. The molecule has 3 aliphatic carbocycles. The lowest BCUT2D eigenvalue weighted by atomic mass is 9.52. The molecule has 146 valence electrons. The minimum atomic E-state index is 0.168. The second-order valence-electron chi connectivity index (χ2n) is 9.34. The Balaban J connectivity index is 1.55. The van der Waals surface area contributed by atoms with Crippen molar-refractivity contribution in [3.05, 3.63) is 23.3 Å². The monoisotopic (exact) mass is 368 g/mol. The number of hydrogen-bond donors (Lipinski definition) is 1. The van der Waals surface area contributed by atoms with Gasteiger partial charge in [-0.15, -0.1) is 0 Å². The van der Waals surface area contributed by atoms with Crippen LogP contribution in [0.25, 0.3) is 0 Å². The number of likely N-dealkylation sites (tertiary alicyclic amines) is 1. The molecule has 0 aromatic heterocycles. The summed E-state index contributed by atoms with van der Waals surface area (Å²) in [5.74, 6) is 1.98. The van der Waals surface area contributed by atoms with E-state index in [1.54, 1.807) is 7.11 Å². The summed E-state index contributed by atoms with van der Waals surface area (Å²) in [7, 11) is 4.04. The Morgan fingerprint density at radius 3 is 2.78 bits per heavy atom. The van der Waals surface area contributed by atoms with Crippen molar-refractivity contribution in [2.75, 3.05) is 26.0 Å². The molecule has 3 atom stereocenters. The largest absolute Gasteiger partial charge is 0.495 e. The lowest BCUT2D eigenvalue weighted by Crippen LogP contribution is -2.59. The van der Waals surface area contributed by atoms with Gasteiger partial charge in [-0.2, -0.15) is 0 Å². The van der Waals surface area contributed by atoms with Crippen molar-refractivity contribution in [1.82, 2.24) is 4.90 Å². The average Bonchev–Trinajstić information content (AvgIpc) is 2.62. The highest BCUT2D eigenvalue weighted by Gasteiger charge is 2.53. The van der Waals surface area contributed by atoms with Crippen molar-refractivity contribution in [3.8, 4) is 5.75 Å². The summed E-state index contributed by atoms with van der Waals surface area (Å²) in [6, 6.07) is 5.17. The Bertz CT molecular complexity index is 757. The fourth-order valence-corrected chi connectivity index (χ4v) is 6.41. The fraction of sp³-hybridized carbons (Fsp3) is 0.696. The molecule has 0 spiro atoms. The molecular weight excluding hydrogens is 336 g/mol. The van der Waals surface area contributed by atoms with Gasteiger partial charge in [0.1, 0.15) is 5.75 Å². The molecule has 4 heteroatoms. The van der Waals surface area contributed by atoms with Gasteiger partial charge in [0.05, 0.1) is 12.8 Å². The second kappa shape index (κ2) is 6.51. The zero-order valence-corrected chi connectivity index (χ0v) is 16.7. The number of hydrogen-bond acceptors (Lipinski definition) is 3. The number of ether oxygens (including phenoxy) is 1. The van der Waals surface area contributed by atoms with Gasteiger partial charge in [0, 0.05) is 17.4 Å². The van der Waals surface area contributed by atoms with Crippen LogP contribution in [0.1, 0.15) is 62.5 Å². The van der Waals surface area contributed by atoms with Gasteiger partial charge in [0.25, 0.3) is 0 Å². The van der Waals surface area contributed by atoms with Crippen molar-refractivity contribution >= 4 is 11.6 Å². The number of piperidine rings is 1. The highest BCUT2D eigenvalue weighted by atomic mass is 16.5. The molecule has 1 saturated heterocycles. The highest BCUT2D eigenvalue weighted by molar-refractivity contribution is 5.94. The van der Waals surface area contributed by atoms with Crippen molar-refractivity contribution in [1.29, 1.82) is 0 Å². The molecule has 1 heterocycles. The van der Waals surface area contributed by atoms with Crippen LogP contribution in [0.3, 0.4) is 0 Å². The number of benzene rings is 1. The van der Waals surface area contributed by atoms with Gasteiger partial charge in [-0.05, 0) is 81.3 Å². The van der Waals surface area contributed by atoms with E-state index >= 15 is 0 Å². The van der Waals surface area contributed by atoms with E-state index in [2.05, 4.69) is 29.4 Å². The number of carbonyl (C=O) groups excluding carboxylic acids is 1. The summed E-state index contributed by atoms with van der Waals surface area (Å²) < 4.78 is 5.75. The van der Waals surface area contributed by atoms with E-state index in [1.165, 1.54) is 56.2 Å². The van der Waals surface area contributed by atoms with E-state index in [1.807, 2.05) is 0 Å². The van der Waals surface area contributed by atoms with Gasteiger partial charge in [-0.25, -0.2) is 0 Å². The summed E-state index contributed by atoms with van der Waals surface area (Å²) in [4.78, 5) is 15.1. The molecule has 2 bridgehead atoms. The molecule has 4 nitrogen and oxygen atoms in total. The van der Waals surface area contributed by atoms with Crippen molar-refractivity contribution in [2.24, 2.45) is 11.8 Å². The lowest BCUT2D eigenvalue weighted by Gasteiger charge is -2.58. The second-order valence-corrected chi connectivity index (χ2v) is 9.34. The third kappa shape index (κ3) is 2.63. The van der Waals surface area contributed by atoms with Crippen LogP contribution >= 0.6 is 0 Å². The van der Waals surface area contributed by atoms with E-state index in [0.717, 1.165) is 36.6 Å². The number of anilines is 1. The van der Waals surface area contributed by atoms with Gasteiger partial charge in [0.15, 0.2) is 0 Å². The molecule has 1 aliphatic heterocycles. The van der Waals surface area contributed by atoms with E-state index in [-0.39, 0.29) is 11.8 Å². The minimum absolute atomic E-state index is 0.168. The average molecular weight is 369 g/mol. The molecular formula is C23H32N2O2. The van der Waals surface area contributed by atoms with Crippen molar-refractivity contribution in [3.63, 3.8) is 0 Å². The third-order valence-electron chi connectivity index (χ3n) is 8.16. The molecule has 3 fully saturated rings. The van der Waals surface area contributed by atoms with Crippen LogP contribution in [-0.4, -0.2) is 37.6 Å². The van der Waals surface area contributed by atoms with Crippen molar-refractivity contribution in [2.45, 2.75) is 69.2 Å². The van der Waals surface area contributed by atoms with E-state index in [9.17, 15) is 4.79 Å². The number of rotatable bonds is 3. The molecule has 1 amide bonds. The summed E-state index contributed by atoms with van der Waals surface area (Å²) in [6.07, 6.45) is 11.0. The normalized spacial score (nSPS) is 32.8. The number of amides is 1. The molecule has 1 N–H and O–H groups in total. The third-order valence-corrected chi connectivity index (χ3v) is 8.16. The predicted molar refractivity (Wildman–Crippen MR) is 107 cm³/mol. The Labute approximate surface area is 162 Å². The fourth-order valence-electron chi connectivity index (χ4n) is 6.41. The first-order valence-corrected chi connectivity index (χ1v) is 10.8. The first kappa shape index (κ1) is 17.5. The predicted octanol–water partition coefficient (Wildman–Crippen LogP) is 4.12. The smallest absolute Gasteiger partial charge is 0.227 e. The molecule has 1 unspecified atom stereocenters. The summed E-state index contributed by atoms with van der Waals surface area (Å²) in [6.45, 7) is 1.20. The van der Waals surface area contributed by atoms with Gasteiger partial charge in [-0.3, -0.25) is 4.79 Å². The van der Waals surface area contributed by atoms with Crippen LogP contribution in [0.4, 0.5) is 5.69 Å². The first-order chi connectivity index (χ1) is 13.1. The Hall–Kier alpha value is -1.55. The van der Waals surface area contributed by atoms with Gasteiger partial charge >= 0.3 is 0 Å². The van der Waals surface area contributed by atoms with Gasteiger partial charge < -0.3 is 15.0 Å². The van der Waals surface area contributed by atoms with Crippen LogP contribution in [-0.2, 0) is 16.6 Å². The molecule has 1 aromatic rings. The standard InChI is InChI=1S/C23H32N2O2/c1-25-11-10-23-9-4-3-8-17(23)20(25)13-16-12-19(21(27-2)14-18(16)23)24-22(26)15-6-5-7-15/h12,14-15,17,20H,3-11,13H2,1-2H3,(H,24,26)/t17?,20-,23-/m0/s1. The molecule has 5 rings (SSSR count). The maximum atomic E-state index is 12.5. The number of fused-ring (bicyclic) bond motifs is 1. The summed E-state index contributed by atoms with van der Waals surface area (Å²) in [5, 5.41) is 3.18. The van der Waals surface area contributed by atoms with Crippen LogP contribution in [0.2, 0.25) is 0 Å². The van der Waals surface area contributed by atoms with E-state index < -0.39 is 0 Å².